The first-order chi connectivity index (χ1) is 7.99. The molecule has 1 N–H and O–H groups in total. The van der Waals surface area contributed by atoms with E-state index < -0.39 is 15.9 Å². The fraction of sp³-hybridized carbons (Fsp3) is 0.727. The molecular formula is C11H22O4P2. The first-order valence-electron chi connectivity index (χ1n) is 5.51. The van der Waals surface area contributed by atoms with Crippen LogP contribution in [0.5, 0.6) is 0 Å². The molecule has 0 aromatic carbocycles. The predicted molar refractivity (Wildman–Crippen MR) is 74.8 cm³/mol. The summed E-state index contributed by atoms with van der Waals surface area (Å²) >= 11 is 0. The van der Waals surface area contributed by atoms with E-state index in [4.69, 9.17) is 9.05 Å². The molecule has 0 saturated carbocycles. The second kappa shape index (κ2) is 8.97. The van der Waals surface area contributed by atoms with Gasteiger partial charge in [0.2, 0.25) is 0 Å². The summed E-state index contributed by atoms with van der Waals surface area (Å²) in [5.41, 5.74) is 0.00339. The molecule has 1 unspecified atom stereocenters. The van der Waals surface area contributed by atoms with Crippen molar-refractivity contribution in [2.45, 2.75) is 19.8 Å². The summed E-state index contributed by atoms with van der Waals surface area (Å²) in [7, 11) is -1.36. The summed E-state index contributed by atoms with van der Waals surface area (Å²) in [5.74, 6) is 6.01. The Bertz CT molecular complexity index is 292. The Morgan fingerprint density at radius 1 is 1.35 bits per heavy atom. The number of carbonyl (C=O) groups excluding carboxylic acids is 1. The zero-order chi connectivity index (χ0) is 13.3. The van der Waals surface area contributed by atoms with Gasteiger partial charge in [0.25, 0.3) is 0 Å². The third-order valence-electron chi connectivity index (χ3n) is 2.25. The van der Waals surface area contributed by atoms with E-state index in [9.17, 15) is 9.69 Å². The third kappa shape index (κ3) is 7.09. The van der Waals surface area contributed by atoms with E-state index in [1.54, 1.807) is 0 Å². The molecule has 0 heterocycles. The Labute approximate surface area is 105 Å². The number of hydrogen-bond donors (Lipinski definition) is 1. The topological polar surface area (TPSA) is 55.8 Å². The van der Waals surface area contributed by atoms with Gasteiger partial charge in [-0.15, -0.1) is 0 Å². The van der Waals surface area contributed by atoms with Crippen molar-refractivity contribution in [3.05, 3.63) is 0 Å². The van der Waals surface area contributed by atoms with Crippen molar-refractivity contribution in [2.75, 3.05) is 33.2 Å². The van der Waals surface area contributed by atoms with Crippen molar-refractivity contribution in [2.24, 2.45) is 0 Å². The van der Waals surface area contributed by atoms with Gasteiger partial charge in [0.15, 0.2) is 0 Å². The molecule has 0 aliphatic rings. The Hall–Kier alpha value is -0.0300. The van der Waals surface area contributed by atoms with Crippen molar-refractivity contribution in [1.82, 2.24) is 0 Å². The van der Waals surface area contributed by atoms with Gasteiger partial charge >= 0.3 is 105 Å². The number of hydrogen-bond acceptors (Lipinski definition) is 4. The van der Waals surface area contributed by atoms with Crippen molar-refractivity contribution >= 4 is 21.4 Å². The summed E-state index contributed by atoms with van der Waals surface area (Å²) < 4.78 is 9.75. The van der Waals surface area contributed by atoms with Gasteiger partial charge < -0.3 is 0 Å². The minimum absolute atomic E-state index is 0.00339. The van der Waals surface area contributed by atoms with Gasteiger partial charge in [0.05, 0.1) is 0 Å². The summed E-state index contributed by atoms with van der Waals surface area (Å²) in [5, 5.41) is 0. The molecule has 0 bridgehead atoms. The molecule has 6 heteroatoms. The molecule has 17 heavy (non-hydrogen) atoms. The first kappa shape index (κ1) is 17.0. The van der Waals surface area contributed by atoms with Crippen LogP contribution in [0.3, 0.4) is 0 Å². The Kier molecular flexibility index (Phi) is 8.96. The monoisotopic (exact) mass is 280 g/mol. The SMILES string of the molecule is CCCC#CCP(C)C(=O)C[PH](O)(OC)OC. The molecule has 0 aliphatic heterocycles. The molecule has 0 spiro atoms. The standard InChI is InChI=1S/C11H22O4P2/c1-5-6-7-8-9-16(4)11(12)10-17(13,14-2)15-3/h13,17H,5-6,9-10H2,1-4H3. The second-order valence-electron chi connectivity index (χ2n) is 3.65. The van der Waals surface area contributed by atoms with Crippen molar-refractivity contribution in [1.29, 1.82) is 0 Å². The Balaban J connectivity index is 4.19. The van der Waals surface area contributed by atoms with Crippen LogP contribution in [0.1, 0.15) is 19.8 Å². The van der Waals surface area contributed by atoms with Crippen LogP contribution in [-0.4, -0.2) is 43.6 Å². The van der Waals surface area contributed by atoms with Gasteiger partial charge in [0.1, 0.15) is 0 Å². The molecule has 0 aliphatic carbocycles. The molecule has 1 atom stereocenters. The van der Waals surface area contributed by atoms with Crippen molar-refractivity contribution in [3.63, 3.8) is 0 Å². The van der Waals surface area contributed by atoms with E-state index in [2.05, 4.69) is 18.8 Å². The average molecular weight is 280 g/mol. The molecule has 0 aromatic rings. The summed E-state index contributed by atoms with van der Waals surface area (Å²) in [6.07, 6.45) is 2.47. The molecule has 0 saturated heterocycles. The van der Waals surface area contributed by atoms with Crippen LogP contribution in [0, 0.1) is 11.8 Å². The predicted octanol–water partition coefficient (Wildman–Crippen LogP) is 2.21. The van der Waals surface area contributed by atoms with Crippen molar-refractivity contribution in [3.8, 4) is 11.8 Å². The third-order valence-corrected chi connectivity index (χ3v) is 6.24. The quantitative estimate of drug-likeness (QED) is 0.574. The molecule has 100 valence electrons. The number of unbranched alkanes of at least 4 members (excludes halogenated alkanes) is 1. The van der Waals surface area contributed by atoms with Crippen LogP contribution in [0.4, 0.5) is 0 Å². The Morgan fingerprint density at radius 2 is 1.94 bits per heavy atom. The summed E-state index contributed by atoms with van der Waals surface area (Å²) in [4.78, 5) is 21.6. The van der Waals surface area contributed by atoms with E-state index in [0.29, 0.717) is 6.16 Å². The molecule has 0 fully saturated rings. The molecular weight excluding hydrogens is 258 g/mol. The first-order valence-corrected chi connectivity index (χ1v) is 9.46. The van der Waals surface area contributed by atoms with Gasteiger partial charge in [-0.05, 0) is 0 Å². The van der Waals surface area contributed by atoms with Gasteiger partial charge in [0, 0.05) is 0 Å². The zero-order valence-electron chi connectivity index (χ0n) is 10.9. The molecule has 0 rings (SSSR count). The van der Waals surface area contributed by atoms with Crippen LogP contribution in [0.2, 0.25) is 0 Å². The van der Waals surface area contributed by atoms with E-state index in [1.807, 2.05) is 6.66 Å². The van der Waals surface area contributed by atoms with E-state index in [-0.39, 0.29) is 11.7 Å². The van der Waals surface area contributed by atoms with Gasteiger partial charge in [-0.1, -0.05) is 0 Å². The van der Waals surface area contributed by atoms with Crippen LogP contribution in [-0.2, 0) is 13.8 Å². The molecule has 0 amide bonds. The average Bonchev–Trinajstić information content (AvgIpc) is 2.34. The normalized spacial score (nSPS) is 13.7. The fourth-order valence-corrected chi connectivity index (χ4v) is 4.07. The maximum absolute atomic E-state index is 11.8. The van der Waals surface area contributed by atoms with Crippen LogP contribution in [0.25, 0.3) is 0 Å². The molecule has 0 radical (unpaired) electrons. The maximum atomic E-state index is 11.8. The summed E-state index contributed by atoms with van der Waals surface area (Å²) in [6, 6.07) is 0. The Morgan fingerprint density at radius 3 is 2.41 bits per heavy atom. The number of rotatable bonds is 7. The minimum atomic E-state index is -3.26. The molecule has 4 nitrogen and oxygen atoms in total. The van der Waals surface area contributed by atoms with Gasteiger partial charge in [-0.25, -0.2) is 0 Å². The van der Waals surface area contributed by atoms with Crippen molar-refractivity contribution < 1.29 is 18.7 Å². The van der Waals surface area contributed by atoms with E-state index in [0.717, 1.165) is 12.8 Å². The second-order valence-corrected chi connectivity index (χ2v) is 8.46. The van der Waals surface area contributed by atoms with Gasteiger partial charge in [-0.2, -0.15) is 0 Å². The molecule has 0 aromatic heterocycles. The van der Waals surface area contributed by atoms with Gasteiger partial charge in [-0.3, -0.25) is 0 Å². The van der Waals surface area contributed by atoms with E-state index in [1.165, 1.54) is 14.2 Å². The fourth-order valence-electron chi connectivity index (χ4n) is 1.03. The van der Waals surface area contributed by atoms with Crippen LogP contribution < -0.4 is 0 Å². The van der Waals surface area contributed by atoms with Crippen LogP contribution >= 0.6 is 15.9 Å². The number of carbonyl (C=O) groups is 1. The summed E-state index contributed by atoms with van der Waals surface area (Å²) in [6.45, 7) is 3.94. The van der Waals surface area contributed by atoms with Crippen LogP contribution in [0.15, 0.2) is 0 Å². The van der Waals surface area contributed by atoms with E-state index >= 15 is 0 Å². The zero-order valence-corrected chi connectivity index (χ0v) is 12.8.